The zero-order chi connectivity index (χ0) is 15.2. The first-order chi connectivity index (χ1) is 10.1. The number of hydrogen-bond acceptors (Lipinski definition) is 1. The highest BCUT2D eigenvalue weighted by atomic mass is 79.9. The summed E-state index contributed by atoms with van der Waals surface area (Å²) >= 11 is 15.9. The van der Waals surface area contributed by atoms with Gasteiger partial charge in [-0.05, 0) is 54.2 Å². The third-order valence-corrected chi connectivity index (χ3v) is 4.73. The lowest BCUT2D eigenvalue weighted by Crippen LogP contribution is -2.11. The predicted octanol–water partition coefficient (Wildman–Crippen LogP) is 5.75. The van der Waals surface area contributed by atoms with E-state index in [1.54, 1.807) is 7.11 Å². The molecular weight excluding hydrogens is 371 g/mol. The van der Waals surface area contributed by atoms with E-state index in [1.165, 1.54) is 0 Å². The molecule has 4 heteroatoms. The molecule has 112 valence electrons. The summed E-state index contributed by atoms with van der Waals surface area (Å²) in [6.45, 7) is 0. The molecule has 0 heterocycles. The van der Waals surface area contributed by atoms with Gasteiger partial charge in [-0.1, -0.05) is 45.7 Å². The van der Waals surface area contributed by atoms with Crippen molar-refractivity contribution in [3.63, 3.8) is 0 Å². The normalized spacial score (nSPS) is 12.2. The van der Waals surface area contributed by atoms with Crippen molar-refractivity contribution in [3.05, 3.63) is 63.1 Å². The van der Waals surface area contributed by atoms with Gasteiger partial charge in [0.1, 0.15) is 5.75 Å². The van der Waals surface area contributed by atoms with Gasteiger partial charge in [-0.2, -0.15) is 0 Å². The second-order valence-corrected chi connectivity index (χ2v) is 6.61. The summed E-state index contributed by atoms with van der Waals surface area (Å²) in [5, 5.41) is 0.800. The Kier molecular flexibility index (Phi) is 6.40. The third kappa shape index (κ3) is 4.64. The van der Waals surface area contributed by atoms with Crippen LogP contribution in [0.3, 0.4) is 0 Å². The van der Waals surface area contributed by atoms with Crippen LogP contribution in [0.5, 0.6) is 5.75 Å². The second kappa shape index (κ2) is 8.07. The van der Waals surface area contributed by atoms with Crippen LogP contribution in [0.25, 0.3) is 0 Å². The molecule has 0 N–H and O–H groups in total. The third-order valence-electron chi connectivity index (χ3n) is 3.44. The van der Waals surface area contributed by atoms with Gasteiger partial charge in [0.2, 0.25) is 0 Å². The van der Waals surface area contributed by atoms with Crippen LogP contribution in [0.1, 0.15) is 11.1 Å². The molecule has 0 aliphatic carbocycles. The molecule has 2 rings (SSSR count). The summed E-state index contributed by atoms with van der Waals surface area (Å²) < 4.78 is 6.48. The van der Waals surface area contributed by atoms with E-state index in [0.717, 1.165) is 39.2 Å². The quantitative estimate of drug-likeness (QED) is 0.573. The van der Waals surface area contributed by atoms with Gasteiger partial charge < -0.3 is 4.74 Å². The largest absolute Gasteiger partial charge is 0.496 e. The molecule has 2 aromatic carbocycles. The van der Waals surface area contributed by atoms with Crippen LogP contribution < -0.4 is 4.74 Å². The van der Waals surface area contributed by atoms with Gasteiger partial charge in [0, 0.05) is 15.4 Å². The molecule has 0 saturated heterocycles. The molecule has 0 radical (unpaired) electrons. The molecule has 0 amide bonds. The van der Waals surface area contributed by atoms with Crippen LogP contribution in [0, 0.1) is 5.92 Å². The zero-order valence-corrected chi connectivity index (χ0v) is 14.9. The van der Waals surface area contributed by atoms with Crippen LogP contribution in [0.2, 0.25) is 5.02 Å². The monoisotopic (exact) mass is 386 g/mol. The minimum Gasteiger partial charge on any atom is -0.496 e. The highest BCUT2D eigenvalue weighted by Crippen LogP contribution is 2.28. The Labute approximate surface area is 144 Å². The fourth-order valence-electron chi connectivity index (χ4n) is 2.37. The van der Waals surface area contributed by atoms with Gasteiger partial charge in [0.25, 0.3) is 0 Å². The number of rotatable bonds is 6. The van der Waals surface area contributed by atoms with Crippen molar-refractivity contribution in [1.82, 2.24) is 0 Å². The van der Waals surface area contributed by atoms with Gasteiger partial charge in [-0.15, -0.1) is 11.6 Å². The summed E-state index contributed by atoms with van der Waals surface area (Å²) in [6, 6.07) is 14.0. The highest BCUT2D eigenvalue weighted by molar-refractivity contribution is 9.10. The van der Waals surface area contributed by atoms with Gasteiger partial charge in [0.05, 0.1) is 7.11 Å². The molecule has 0 fully saturated rings. The maximum absolute atomic E-state index is 6.24. The van der Waals surface area contributed by atoms with E-state index in [0.29, 0.717) is 11.8 Å². The Morgan fingerprint density at radius 1 is 1.10 bits per heavy atom. The molecule has 21 heavy (non-hydrogen) atoms. The van der Waals surface area contributed by atoms with Crippen LogP contribution >= 0.6 is 39.1 Å². The van der Waals surface area contributed by atoms with Gasteiger partial charge in [0.15, 0.2) is 0 Å². The van der Waals surface area contributed by atoms with Crippen LogP contribution in [-0.4, -0.2) is 13.0 Å². The Hall–Kier alpha value is -0.700. The van der Waals surface area contributed by atoms with Crippen molar-refractivity contribution < 1.29 is 4.74 Å². The van der Waals surface area contributed by atoms with E-state index in [9.17, 15) is 0 Å². The highest BCUT2D eigenvalue weighted by Gasteiger charge is 2.14. The minimum absolute atomic E-state index is 0.315. The molecule has 0 aromatic heterocycles. The van der Waals surface area contributed by atoms with Crippen molar-refractivity contribution in [3.8, 4) is 5.75 Å². The SMILES string of the molecule is COc1ccc(Br)cc1CC(CCl)Cc1ccccc1Cl. The minimum atomic E-state index is 0.315. The van der Waals surface area contributed by atoms with Gasteiger partial charge in [-0.25, -0.2) is 0 Å². The number of benzene rings is 2. The fraction of sp³-hybridized carbons (Fsp3) is 0.294. The van der Waals surface area contributed by atoms with Crippen molar-refractivity contribution in [2.75, 3.05) is 13.0 Å². The molecule has 1 atom stereocenters. The van der Waals surface area contributed by atoms with Crippen LogP contribution in [0.4, 0.5) is 0 Å². The van der Waals surface area contributed by atoms with E-state index in [2.05, 4.69) is 28.1 Å². The lowest BCUT2D eigenvalue weighted by Gasteiger charge is -2.17. The number of ether oxygens (including phenoxy) is 1. The van der Waals surface area contributed by atoms with Gasteiger partial charge in [-0.3, -0.25) is 0 Å². The maximum Gasteiger partial charge on any atom is 0.122 e. The molecule has 0 aliphatic heterocycles. The van der Waals surface area contributed by atoms with Crippen molar-refractivity contribution in [1.29, 1.82) is 0 Å². The number of hydrogen-bond donors (Lipinski definition) is 0. The van der Waals surface area contributed by atoms with Crippen LogP contribution in [-0.2, 0) is 12.8 Å². The summed E-state index contributed by atoms with van der Waals surface area (Å²) in [4.78, 5) is 0. The molecule has 0 saturated carbocycles. The zero-order valence-electron chi connectivity index (χ0n) is 11.8. The smallest absolute Gasteiger partial charge is 0.122 e. The number of halogens is 3. The summed E-state index contributed by atoms with van der Waals surface area (Å²) in [6.07, 6.45) is 1.72. The maximum atomic E-state index is 6.24. The van der Waals surface area contributed by atoms with Crippen LogP contribution in [0.15, 0.2) is 46.9 Å². The van der Waals surface area contributed by atoms with E-state index in [4.69, 9.17) is 27.9 Å². The first kappa shape index (κ1) is 16.7. The summed E-state index contributed by atoms with van der Waals surface area (Å²) in [7, 11) is 1.69. The molecule has 0 bridgehead atoms. The molecule has 1 nitrogen and oxygen atoms in total. The average Bonchev–Trinajstić information content (AvgIpc) is 2.49. The number of alkyl halides is 1. The lowest BCUT2D eigenvalue weighted by molar-refractivity contribution is 0.405. The lowest BCUT2D eigenvalue weighted by atomic mass is 9.93. The first-order valence-electron chi connectivity index (χ1n) is 6.75. The Morgan fingerprint density at radius 2 is 1.81 bits per heavy atom. The van der Waals surface area contributed by atoms with E-state index in [1.807, 2.05) is 30.3 Å². The summed E-state index contributed by atoms with van der Waals surface area (Å²) in [5.41, 5.74) is 2.29. The summed E-state index contributed by atoms with van der Waals surface area (Å²) in [5.74, 6) is 1.79. The fourth-order valence-corrected chi connectivity index (χ4v) is 3.21. The standard InChI is InChI=1S/C17H17BrCl2O/c1-21-17-7-6-15(18)10-14(17)9-12(11-19)8-13-4-2-3-5-16(13)20/h2-7,10,12H,8-9,11H2,1H3. The Bertz CT molecular complexity index is 601. The second-order valence-electron chi connectivity index (χ2n) is 4.98. The van der Waals surface area contributed by atoms with Gasteiger partial charge >= 0.3 is 0 Å². The van der Waals surface area contributed by atoms with Crippen molar-refractivity contribution in [2.45, 2.75) is 12.8 Å². The Morgan fingerprint density at radius 3 is 2.48 bits per heavy atom. The molecule has 0 spiro atoms. The van der Waals surface area contributed by atoms with Crippen molar-refractivity contribution >= 4 is 39.1 Å². The van der Waals surface area contributed by atoms with E-state index in [-0.39, 0.29) is 0 Å². The first-order valence-corrected chi connectivity index (χ1v) is 8.46. The van der Waals surface area contributed by atoms with E-state index < -0.39 is 0 Å². The number of methoxy groups -OCH3 is 1. The molecular formula is C17H17BrCl2O. The van der Waals surface area contributed by atoms with E-state index >= 15 is 0 Å². The molecule has 1 unspecified atom stereocenters. The molecule has 0 aliphatic rings. The Balaban J connectivity index is 2.16. The topological polar surface area (TPSA) is 9.23 Å². The van der Waals surface area contributed by atoms with Crippen molar-refractivity contribution in [2.24, 2.45) is 5.92 Å². The average molecular weight is 388 g/mol. The molecule has 2 aromatic rings. The predicted molar refractivity (Wildman–Crippen MR) is 93.8 cm³/mol.